The van der Waals surface area contributed by atoms with E-state index in [1.54, 1.807) is 30.5 Å². The van der Waals surface area contributed by atoms with Crippen molar-refractivity contribution in [1.82, 2.24) is 4.98 Å². The molecule has 0 spiro atoms. The van der Waals surface area contributed by atoms with E-state index in [0.717, 1.165) is 5.39 Å². The second-order valence-electron chi connectivity index (χ2n) is 3.15. The average Bonchev–Trinajstić information content (AvgIpc) is 2.27. The monoisotopic (exact) mass is 205 g/mol. The van der Waals surface area contributed by atoms with Gasteiger partial charge >= 0.3 is 5.97 Å². The zero-order valence-corrected chi connectivity index (χ0v) is 7.72. The second-order valence-corrected chi connectivity index (χ2v) is 3.15. The fourth-order valence-electron chi connectivity index (χ4n) is 1.47. The minimum atomic E-state index is -2.02. The molecule has 15 heavy (non-hydrogen) atoms. The van der Waals surface area contributed by atoms with Gasteiger partial charge in [-0.2, -0.15) is 0 Å². The SMILES string of the molecule is O=C(O)C(F)c1cncc2ccccc12. The number of benzene rings is 1. The van der Waals surface area contributed by atoms with Crippen LogP contribution in [-0.2, 0) is 4.79 Å². The molecule has 3 nitrogen and oxygen atoms in total. The van der Waals surface area contributed by atoms with Crippen LogP contribution in [0.2, 0.25) is 0 Å². The molecule has 76 valence electrons. The van der Waals surface area contributed by atoms with Crippen LogP contribution in [0.15, 0.2) is 36.7 Å². The van der Waals surface area contributed by atoms with E-state index in [1.165, 1.54) is 6.20 Å². The lowest BCUT2D eigenvalue weighted by Crippen LogP contribution is -2.06. The van der Waals surface area contributed by atoms with Crippen molar-refractivity contribution in [2.24, 2.45) is 0 Å². The highest BCUT2D eigenvalue weighted by Gasteiger charge is 2.20. The summed E-state index contributed by atoms with van der Waals surface area (Å²) in [7, 11) is 0. The number of pyridine rings is 1. The first kappa shape index (κ1) is 9.58. The molecule has 0 saturated heterocycles. The molecule has 0 bridgehead atoms. The molecular weight excluding hydrogens is 197 g/mol. The number of carboxylic acid groups (broad SMARTS) is 1. The number of alkyl halides is 1. The van der Waals surface area contributed by atoms with Crippen molar-refractivity contribution in [3.8, 4) is 0 Å². The average molecular weight is 205 g/mol. The van der Waals surface area contributed by atoms with Crippen molar-refractivity contribution >= 4 is 16.7 Å². The quantitative estimate of drug-likeness (QED) is 0.818. The molecule has 1 aromatic heterocycles. The number of aliphatic carboxylic acids is 1. The van der Waals surface area contributed by atoms with E-state index in [0.29, 0.717) is 5.39 Å². The topological polar surface area (TPSA) is 50.2 Å². The zero-order valence-electron chi connectivity index (χ0n) is 7.72. The Kier molecular flexibility index (Phi) is 2.33. The van der Waals surface area contributed by atoms with Crippen LogP contribution < -0.4 is 0 Å². The van der Waals surface area contributed by atoms with E-state index in [-0.39, 0.29) is 5.56 Å². The van der Waals surface area contributed by atoms with E-state index < -0.39 is 12.1 Å². The Hall–Kier alpha value is -1.97. The number of hydrogen-bond donors (Lipinski definition) is 1. The Morgan fingerprint density at radius 3 is 2.80 bits per heavy atom. The van der Waals surface area contributed by atoms with Crippen molar-refractivity contribution in [1.29, 1.82) is 0 Å². The van der Waals surface area contributed by atoms with E-state index in [1.807, 2.05) is 0 Å². The first-order chi connectivity index (χ1) is 7.20. The molecule has 0 saturated carbocycles. The number of rotatable bonds is 2. The highest BCUT2D eigenvalue weighted by molar-refractivity contribution is 5.89. The van der Waals surface area contributed by atoms with Gasteiger partial charge in [-0.25, -0.2) is 9.18 Å². The number of hydrogen-bond acceptors (Lipinski definition) is 2. The van der Waals surface area contributed by atoms with Gasteiger partial charge in [-0.1, -0.05) is 24.3 Å². The lowest BCUT2D eigenvalue weighted by atomic mass is 10.0. The summed E-state index contributed by atoms with van der Waals surface area (Å²) in [5.41, 5.74) is 0.0978. The minimum absolute atomic E-state index is 0.0978. The standard InChI is InChI=1S/C11H8FNO2/c12-10(11(14)15)9-6-13-5-7-3-1-2-4-8(7)9/h1-6,10H,(H,14,15). The maximum absolute atomic E-state index is 13.3. The molecule has 4 heteroatoms. The number of carbonyl (C=O) groups is 1. The summed E-state index contributed by atoms with van der Waals surface area (Å²) in [6.45, 7) is 0. The van der Waals surface area contributed by atoms with Gasteiger partial charge < -0.3 is 5.11 Å². The van der Waals surface area contributed by atoms with Crippen LogP contribution in [-0.4, -0.2) is 16.1 Å². The van der Waals surface area contributed by atoms with Gasteiger partial charge in [-0.15, -0.1) is 0 Å². The summed E-state index contributed by atoms with van der Waals surface area (Å²) in [5, 5.41) is 9.91. The molecule has 1 heterocycles. The molecule has 0 aliphatic rings. The fourth-order valence-corrected chi connectivity index (χ4v) is 1.47. The number of halogens is 1. The summed E-state index contributed by atoms with van der Waals surface area (Å²) < 4.78 is 13.3. The largest absolute Gasteiger partial charge is 0.479 e. The fraction of sp³-hybridized carbons (Fsp3) is 0.0909. The maximum Gasteiger partial charge on any atom is 0.343 e. The summed E-state index contributed by atoms with van der Waals surface area (Å²) >= 11 is 0. The smallest absolute Gasteiger partial charge is 0.343 e. The van der Waals surface area contributed by atoms with Gasteiger partial charge in [0.2, 0.25) is 6.17 Å². The molecule has 2 rings (SSSR count). The summed E-state index contributed by atoms with van der Waals surface area (Å²) in [6, 6.07) is 6.98. The molecule has 1 atom stereocenters. The molecule has 0 amide bonds. The van der Waals surface area contributed by atoms with Crippen LogP contribution in [0.25, 0.3) is 10.8 Å². The van der Waals surface area contributed by atoms with Gasteiger partial charge in [-0.05, 0) is 5.39 Å². The predicted molar refractivity (Wildman–Crippen MR) is 53.2 cm³/mol. The molecule has 0 aliphatic carbocycles. The second kappa shape index (κ2) is 3.65. The van der Waals surface area contributed by atoms with E-state index in [9.17, 15) is 9.18 Å². The predicted octanol–water partition coefficient (Wildman–Crippen LogP) is 2.33. The van der Waals surface area contributed by atoms with Crippen molar-refractivity contribution in [3.63, 3.8) is 0 Å². The van der Waals surface area contributed by atoms with Gasteiger partial charge in [0.05, 0.1) is 0 Å². The van der Waals surface area contributed by atoms with Gasteiger partial charge in [0, 0.05) is 23.3 Å². The van der Waals surface area contributed by atoms with Crippen LogP contribution in [0, 0.1) is 0 Å². The molecule has 1 N–H and O–H groups in total. The number of carboxylic acids is 1. The Morgan fingerprint density at radius 1 is 1.33 bits per heavy atom. The first-order valence-electron chi connectivity index (χ1n) is 4.39. The van der Waals surface area contributed by atoms with Crippen LogP contribution in [0.1, 0.15) is 11.7 Å². The first-order valence-corrected chi connectivity index (χ1v) is 4.39. The van der Waals surface area contributed by atoms with E-state index >= 15 is 0 Å². The van der Waals surface area contributed by atoms with Crippen LogP contribution in [0.5, 0.6) is 0 Å². The Balaban J connectivity index is 2.65. The lowest BCUT2D eigenvalue weighted by molar-refractivity contribution is -0.142. The highest BCUT2D eigenvalue weighted by atomic mass is 19.1. The number of fused-ring (bicyclic) bond motifs is 1. The Labute approximate surface area is 85.2 Å². The van der Waals surface area contributed by atoms with E-state index in [2.05, 4.69) is 4.98 Å². The van der Waals surface area contributed by atoms with Gasteiger partial charge in [0.25, 0.3) is 0 Å². The van der Waals surface area contributed by atoms with E-state index in [4.69, 9.17) is 5.11 Å². The van der Waals surface area contributed by atoms with Crippen molar-refractivity contribution in [3.05, 3.63) is 42.2 Å². The summed E-state index contributed by atoms with van der Waals surface area (Å²) in [6.07, 6.45) is 0.803. The third-order valence-corrected chi connectivity index (χ3v) is 2.19. The highest BCUT2D eigenvalue weighted by Crippen LogP contribution is 2.25. The van der Waals surface area contributed by atoms with Crippen molar-refractivity contribution in [2.45, 2.75) is 6.17 Å². The normalized spacial score (nSPS) is 12.6. The van der Waals surface area contributed by atoms with Gasteiger partial charge in [0.15, 0.2) is 0 Å². The number of aromatic nitrogens is 1. The minimum Gasteiger partial charge on any atom is -0.479 e. The van der Waals surface area contributed by atoms with Crippen molar-refractivity contribution in [2.75, 3.05) is 0 Å². The number of nitrogens with zero attached hydrogens (tertiary/aromatic N) is 1. The van der Waals surface area contributed by atoms with Gasteiger partial charge in [-0.3, -0.25) is 4.98 Å². The lowest BCUT2D eigenvalue weighted by Gasteiger charge is -2.06. The van der Waals surface area contributed by atoms with Crippen LogP contribution in [0.3, 0.4) is 0 Å². The molecule has 2 aromatic rings. The molecule has 0 aliphatic heterocycles. The Bertz CT molecular complexity index is 507. The third kappa shape index (κ3) is 1.66. The molecular formula is C11H8FNO2. The molecule has 1 aromatic carbocycles. The summed E-state index contributed by atoms with van der Waals surface area (Å²) in [5.74, 6) is -1.49. The van der Waals surface area contributed by atoms with Crippen molar-refractivity contribution < 1.29 is 14.3 Å². The van der Waals surface area contributed by atoms with Crippen LogP contribution >= 0.6 is 0 Å². The van der Waals surface area contributed by atoms with Crippen LogP contribution in [0.4, 0.5) is 4.39 Å². The molecule has 0 radical (unpaired) electrons. The zero-order chi connectivity index (χ0) is 10.8. The Morgan fingerprint density at radius 2 is 2.07 bits per heavy atom. The third-order valence-electron chi connectivity index (χ3n) is 2.19. The maximum atomic E-state index is 13.3. The summed E-state index contributed by atoms with van der Waals surface area (Å²) in [4.78, 5) is 14.4. The van der Waals surface area contributed by atoms with Gasteiger partial charge in [0.1, 0.15) is 0 Å². The molecule has 1 unspecified atom stereocenters. The molecule has 0 fully saturated rings.